The minimum atomic E-state index is -0.649. The van der Waals surface area contributed by atoms with Gasteiger partial charge < -0.3 is 15.2 Å². The van der Waals surface area contributed by atoms with Gasteiger partial charge in [-0.25, -0.2) is 0 Å². The van der Waals surface area contributed by atoms with Crippen molar-refractivity contribution >= 4 is 23.5 Å². The van der Waals surface area contributed by atoms with Crippen LogP contribution in [0, 0.1) is 25.2 Å². The summed E-state index contributed by atoms with van der Waals surface area (Å²) in [7, 11) is 0. The van der Waals surface area contributed by atoms with E-state index < -0.39 is 18.4 Å². The lowest BCUT2D eigenvalue weighted by Gasteiger charge is -2.13. The molecule has 0 unspecified atom stereocenters. The van der Waals surface area contributed by atoms with Gasteiger partial charge in [0.1, 0.15) is 24.0 Å². The van der Waals surface area contributed by atoms with E-state index in [1.807, 2.05) is 66.9 Å². The smallest absolute Gasteiger partial charge is 0.316 e. The molecule has 3 aromatic rings. The zero-order valence-corrected chi connectivity index (χ0v) is 20.5. The number of aromatic nitrogens is 3. The first kappa shape index (κ1) is 25.5. The molecule has 3 rings (SSSR count). The van der Waals surface area contributed by atoms with Gasteiger partial charge in [0.25, 0.3) is 0 Å². The number of rotatable bonds is 10. The average molecular weight is 492 g/mol. The fourth-order valence-electron chi connectivity index (χ4n) is 3.24. The SMILES string of the molecule is C/C(N)=C(\C#N)C(=O)COC(=O)CSc1nnc(COc2c(C)cccc2C)n1-c1ccccc1. The van der Waals surface area contributed by atoms with Gasteiger partial charge in [-0.05, 0) is 44.0 Å². The number of ketones is 1. The number of nitrogens with two attached hydrogens (primary N) is 1. The van der Waals surface area contributed by atoms with Crippen LogP contribution in [0.4, 0.5) is 0 Å². The molecule has 0 atom stereocenters. The van der Waals surface area contributed by atoms with Crippen LogP contribution >= 0.6 is 11.8 Å². The van der Waals surface area contributed by atoms with Crippen LogP contribution in [-0.4, -0.2) is 38.9 Å². The molecule has 180 valence electrons. The molecule has 35 heavy (non-hydrogen) atoms. The second kappa shape index (κ2) is 11.9. The number of ether oxygens (including phenoxy) is 2. The minimum absolute atomic E-state index is 0.0783. The van der Waals surface area contributed by atoms with Gasteiger partial charge in [0.05, 0.1) is 5.75 Å². The zero-order valence-electron chi connectivity index (χ0n) is 19.6. The van der Waals surface area contributed by atoms with E-state index in [4.69, 9.17) is 20.5 Å². The summed E-state index contributed by atoms with van der Waals surface area (Å²) in [5.41, 5.74) is 8.21. The fraction of sp³-hybridized carbons (Fsp3) is 0.240. The van der Waals surface area contributed by atoms with E-state index >= 15 is 0 Å². The van der Waals surface area contributed by atoms with Crippen molar-refractivity contribution in [3.63, 3.8) is 0 Å². The standard InChI is InChI=1S/C25H25N5O4S/c1-16-8-7-9-17(2)24(16)34-14-22-28-29-25(30(22)19-10-5-4-6-11-19)35-15-23(32)33-13-21(31)20(12-26)18(3)27/h4-11H,13-15,27H2,1-3H3/b20-18-. The zero-order chi connectivity index (χ0) is 25.4. The largest absolute Gasteiger partial charge is 0.485 e. The topological polar surface area (TPSA) is 133 Å². The Hall–Kier alpha value is -4.10. The summed E-state index contributed by atoms with van der Waals surface area (Å²) in [5.74, 6) is -0.0397. The molecule has 0 aliphatic carbocycles. The van der Waals surface area contributed by atoms with E-state index in [0.717, 1.165) is 34.3 Å². The summed E-state index contributed by atoms with van der Waals surface area (Å²) >= 11 is 1.12. The van der Waals surface area contributed by atoms with Crippen LogP contribution < -0.4 is 10.5 Å². The first-order valence-electron chi connectivity index (χ1n) is 10.7. The molecular formula is C25H25N5O4S. The molecule has 2 N–H and O–H groups in total. The third-order valence-electron chi connectivity index (χ3n) is 4.94. The average Bonchev–Trinajstić information content (AvgIpc) is 3.24. The first-order valence-corrected chi connectivity index (χ1v) is 11.7. The van der Waals surface area contributed by atoms with Crippen LogP contribution in [0.5, 0.6) is 5.75 Å². The number of Topliss-reactive ketones (excluding diaryl/α,β-unsaturated/α-hetero) is 1. The second-order valence-corrected chi connectivity index (χ2v) is 8.56. The highest BCUT2D eigenvalue weighted by atomic mass is 32.2. The Morgan fingerprint density at radius 2 is 1.77 bits per heavy atom. The lowest BCUT2D eigenvalue weighted by molar-refractivity contribution is -0.144. The number of hydrogen-bond donors (Lipinski definition) is 1. The number of para-hydroxylation sites is 2. The summed E-state index contributed by atoms with van der Waals surface area (Å²) in [6.45, 7) is 5.01. The molecule has 0 bridgehead atoms. The van der Waals surface area contributed by atoms with Gasteiger partial charge in [0.15, 0.2) is 17.6 Å². The Kier molecular flexibility index (Phi) is 8.64. The van der Waals surface area contributed by atoms with Crippen molar-refractivity contribution in [2.75, 3.05) is 12.4 Å². The maximum Gasteiger partial charge on any atom is 0.316 e. The number of nitrogens with zero attached hydrogens (tertiary/aromatic N) is 4. The Morgan fingerprint density at radius 3 is 2.40 bits per heavy atom. The first-order chi connectivity index (χ1) is 16.8. The Balaban J connectivity index is 1.72. The molecule has 0 fully saturated rings. The lowest BCUT2D eigenvalue weighted by atomic mass is 10.1. The molecule has 1 heterocycles. The number of carbonyl (C=O) groups excluding carboxylic acids is 2. The van der Waals surface area contributed by atoms with Crippen LogP contribution in [0.2, 0.25) is 0 Å². The van der Waals surface area contributed by atoms with Crippen LogP contribution in [0.1, 0.15) is 23.9 Å². The van der Waals surface area contributed by atoms with Crippen molar-refractivity contribution < 1.29 is 19.1 Å². The van der Waals surface area contributed by atoms with Gasteiger partial charge in [0, 0.05) is 11.4 Å². The Morgan fingerprint density at radius 1 is 1.09 bits per heavy atom. The third kappa shape index (κ3) is 6.49. The minimum Gasteiger partial charge on any atom is -0.485 e. The van der Waals surface area contributed by atoms with Gasteiger partial charge in [-0.2, -0.15) is 5.26 Å². The highest BCUT2D eigenvalue weighted by Gasteiger charge is 2.19. The number of allylic oxidation sites excluding steroid dienone is 1. The Labute approximate surface area is 207 Å². The second-order valence-electron chi connectivity index (χ2n) is 7.62. The molecule has 2 aromatic carbocycles. The van der Waals surface area contributed by atoms with Crippen molar-refractivity contribution in [3.8, 4) is 17.5 Å². The highest BCUT2D eigenvalue weighted by Crippen LogP contribution is 2.26. The van der Waals surface area contributed by atoms with Crippen molar-refractivity contribution in [1.29, 1.82) is 5.26 Å². The van der Waals surface area contributed by atoms with E-state index in [-0.39, 0.29) is 23.6 Å². The van der Waals surface area contributed by atoms with Crippen molar-refractivity contribution in [2.24, 2.45) is 5.73 Å². The fourth-order valence-corrected chi connectivity index (χ4v) is 4.01. The highest BCUT2D eigenvalue weighted by molar-refractivity contribution is 7.99. The van der Waals surface area contributed by atoms with Gasteiger partial charge in [-0.3, -0.25) is 14.2 Å². The summed E-state index contributed by atoms with van der Waals surface area (Å²) in [5, 5.41) is 18.0. The van der Waals surface area contributed by atoms with E-state index in [1.54, 1.807) is 6.07 Å². The number of benzene rings is 2. The van der Waals surface area contributed by atoms with Gasteiger partial charge in [-0.1, -0.05) is 48.2 Å². The van der Waals surface area contributed by atoms with Gasteiger partial charge in [0.2, 0.25) is 5.78 Å². The van der Waals surface area contributed by atoms with Gasteiger partial charge in [-0.15, -0.1) is 10.2 Å². The predicted octanol–water partition coefficient (Wildman–Crippen LogP) is 3.42. The molecule has 0 amide bonds. The van der Waals surface area contributed by atoms with Crippen LogP contribution in [0.3, 0.4) is 0 Å². The van der Waals surface area contributed by atoms with Crippen LogP contribution in [-0.2, 0) is 20.9 Å². The predicted molar refractivity (Wildman–Crippen MR) is 131 cm³/mol. The van der Waals surface area contributed by atoms with Crippen molar-refractivity contribution in [2.45, 2.75) is 32.5 Å². The number of thioether (sulfide) groups is 1. The van der Waals surface area contributed by atoms with E-state index in [1.165, 1.54) is 6.92 Å². The van der Waals surface area contributed by atoms with E-state index in [0.29, 0.717) is 11.0 Å². The maximum absolute atomic E-state index is 12.2. The molecule has 0 spiro atoms. The molecule has 0 saturated carbocycles. The molecule has 0 saturated heterocycles. The monoisotopic (exact) mass is 491 g/mol. The van der Waals surface area contributed by atoms with Crippen LogP contribution in [0.25, 0.3) is 5.69 Å². The summed E-state index contributed by atoms with van der Waals surface area (Å²) in [6.07, 6.45) is 0. The van der Waals surface area contributed by atoms with Crippen LogP contribution in [0.15, 0.2) is 65.0 Å². The summed E-state index contributed by atoms with van der Waals surface area (Å²) in [4.78, 5) is 24.2. The summed E-state index contributed by atoms with van der Waals surface area (Å²) in [6, 6.07) is 17.1. The maximum atomic E-state index is 12.2. The van der Waals surface area contributed by atoms with Crippen molar-refractivity contribution in [3.05, 3.63) is 76.8 Å². The number of esters is 1. The normalized spacial score (nSPS) is 11.4. The van der Waals surface area contributed by atoms with E-state index in [9.17, 15) is 9.59 Å². The van der Waals surface area contributed by atoms with E-state index in [2.05, 4.69) is 10.2 Å². The quantitative estimate of drug-likeness (QED) is 0.196. The number of aryl methyl sites for hydroxylation is 2. The molecular weight excluding hydrogens is 466 g/mol. The molecule has 9 nitrogen and oxygen atoms in total. The molecule has 0 aliphatic rings. The lowest BCUT2D eigenvalue weighted by Crippen LogP contribution is -2.18. The molecule has 1 aromatic heterocycles. The number of carbonyl (C=O) groups is 2. The third-order valence-corrected chi connectivity index (χ3v) is 5.84. The van der Waals surface area contributed by atoms with Crippen molar-refractivity contribution in [1.82, 2.24) is 14.8 Å². The molecule has 0 aliphatic heterocycles. The summed E-state index contributed by atoms with van der Waals surface area (Å²) < 4.78 is 12.9. The van der Waals surface area contributed by atoms with Gasteiger partial charge >= 0.3 is 5.97 Å². The number of hydrogen-bond acceptors (Lipinski definition) is 9. The number of nitriles is 1. The molecule has 0 radical (unpaired) electrons. The molecule has 10 heteroatoms. The Bertz CT molecular complexity index is 1270.